The molecule has 3 fully saturated rings. The van der Waals surface area contributed by atoms with E-state index in [2.05, 4.69) is 84.1 Å². The first-order chi connectivity index (χ1) is 22.7. The van der Waals surface area contributed by atoms with Gasteiger partial charge in [-0.25, -0.2) is 0 Å². The molecule has 0 N–H and O–H groups in total. The smallest absolute Gasteiger partial charge is 0.306 e. The molecule has 0 amide bonds. The Morgan fingerprint density at radius 3 is 2.32 bits per heavy atom. The van der Waals surface area contributed by atoms with E-state index in [1.165, 1.54) is 83.5 Å². The van der Waals surface area contributed by atoms with E-state index in [1.54, 1.807) is 5.57 Å². The molecule has 4 aliphatic rings. The number of allylic oxidation sites excluding steroid dienone is 7. The average molecular weight is 647 g/mol. The van der Waals surface area contributed by atoms with Crippen LogP contribution in [0.2, 0.25) is 0 Å². The maximum atomic E-state index is 12.8. The van der Waals surface area contributed by atoms with Crippen LogP contribution in [0.5, 0.6) is 0 Å². The van der Waals surface area contributed by atoms with Gasteiger partial charge in [0, 0.05) is 12.8 Å². The first kappa shape index (κ1) is 38.2. The fraction of sp³-hybridized carbons (Fsp3) is 0.800. The van der Waals surface area contributed by atoms with E-state index in [1.807, 2.05) is 0 Å². The first-order valence-corrected chi connectivity index (χ1v) is 20.5. The fourth-order valence-corrected chi connectivity index (χ4v) is 10.9. The van der Waals surface area contributed by atoms with Gasteiger partial charge in [-0.2, -0.15) is 0 Å². The first-order valence-electron chi connectivity index (χ1n) is 20.5. The van der Waals surface area contributed by atoms with Crippen LogP contribution in [0.4, 0.5) is 0 Å². The molecule has 0 aliphatic heterocycles. The van der Waals surface area contributed by atoms with Crippen molar-refractivity contribution in [3.8, 4) is 0 Å². The molecule has 0 aromatic rings. The molecular formula is C45H74O2. The minimum atomic E-state index is 0.0435. The molecule has 0 saturated heterocycles. The van der Waals surface area contributed by atoms with Crippen molar-refractivity contribution >= 4 is 5.97 Å². The standard InChI is InChI=1S/C45H74O2/c1-7-8-9-10-11-12-13-14-15-16-17-18-19-20-21-25-43(46)47-38-30-32-44(5)37(34-38)26-27-39-41-29-28-40(36(4)24-22-23-35(2)3)45(41,6)33-31-42(39)44/h8-9,11-12,14-15,26,35-36,38-42H,7,10,13,16-25,27-34H2,1-6H3/t36-,38?,39?,40-,41?,42?,44+,45-/m1/s1. The number of esters is 1. The molecule has 0 bridgehead atoms. The van der Waals surface area contributed by atoms with E-state index in [9.17, 15) is 4.79 Å². The molecule has 4 unspecified atom stereocenters. The number of unbranched alkanes of at least 4 members (excludes halogenated alkanes) is 5. The lowest BCUT2D eigenvalue weighted by Crippen LogP contribution is -2.51. The van der Waals surface area contributed by atoms with E-state index >= 15 is 0 Å². The molecule has 0 radical (unpaired) electrons. The van der Waals surface area contributed by atoms with Gasteiger partial charge in [0.15, 0.2) is 0 Å². The SMILES string of the molecule is CCC=CCC=CCC=CCCCCCCCC(=O)OC1CC[C@@]2(C)C(=CCC3C2CC[C@@]2(C)C3CC[C@@H]2[C@H](C)CCCC(C)C)C1. The summed E-state index contributed by atoms with van der Waals surface area (Å²) in [5, 5.41) is 0. The van der Waals surface area contributed by atoms with Gasteiger partial charge in [-0.15, -0.1) is 0 Å². The minimum Gasteiger partial charge on any atom is -0.462 e. The van der Waals surface area contributed by atoms with Crippen LogP contribution in [0.3, 0.4) is 0 Å². The summed E-state index contributed by atoms with van der Waals surface area (Å²) in [4.78, 5) is 12.8. The molecule has 266 valence electrons. The number of hydrogen-bond donors (Lipinski definition) is 0. The van der Waals surface area contributed by atoms with Gasteiger partial charge < -0.3 is 4.74 Å². The number of ether oxygens (including phenoxy) is 1. The predicted molar refractivity (Wildman–Crippen MR) is 202 cm³/mol. The Morgan fingerprint density at radius 1 is 0.830 bits per heavy atom. The van der Waals surface area contributed by atoms with Gasteiger partial charge in [0.1, 0.15) is 6.10 Å². The van der Waals surface area contributed by atoms with Crippen molar-refractivity contribution in [3.05, 3.63) is 48.1 Å². The normalized spacial score (nSPS) is 32.9. The Balaban J connectivity index is 1.13. The number of carbonyl (C=O) groups excluding carboxylic acids is 1. The van der Waals surface area contributed by atoms with Gasteiger partial charge in [0.25, 0.3) is 0 Å². The summed E-state index contributed by atoms with van der Waals surface area (Å²) in [7, 11) is 0. The van der Waals surface area contributed by atoms with Crippen molar-refractivity contribution in [2.75, 3.05) is 0 Å². The van der Waals surface area contributed by atoms with E-state index in [0.717, 1.165) is 80.5 Å². The molecule has 0 aromatic carbocycles. The second-order valence-electron chi connectivity index (χ2n) is 17.2. The highest BCUT2D eigenvalue weighted by Gasteiger charge is 2.59. The van der Waals surface area contributed by atoms with Crippen molar-refractivity contribution in [3.63, 3.8) is 0 Å². The van der Waals surface area contributed by atoms with E-state index in [-0.39, 0.29) is 12.1 Å². The monoisotopic (exact) mass is 647 g/mol. The van der Waals surface area contributed by atoms with Crippen LogP contribution in [0.15, 0.2) is 48.1 Å². The van der Waals surface area contributed by atoms with Crippen LogP contribution in [0.1, 0.15) is 176 Å². The third kappa shape index (κ3) is 10.5. The summed E-state index contributed by atoms with van der Waals surface area (Å²) in [5.41, 5.74) is 2.51. The highest BCUT2D eigenvalue weighted by molar-refractivity contribution is 5.69. The lowest BCUT2D eigenvalue weighted by Gasteiger charge is -2.58. The molecule has 8 atom stereocenters. The zero-order valence-electron chi connectivity index (χ0n) is 31.7. The molecule has 0 spiro atoms. The van der Waals surface area contributed by atoms with Crippen LogP contribution >= 0.6 is 0 Å². The quantitative estimate of drug-likeness (QED) is 0.0793. The summed E-state index contributed by atoms with van der Waals surface area (Å²) in [5.74, 6) is 5.28. The molecular weight excluding hydrogens is 572 g/mol. The van der Waals surface area contributed by atoms with Gasteiger partial charge >= 0.3 is 5.97 Å². The molecule has 3 saturated carbocycles. The van der Waals surface area contributed by atoms with Crippen molar-refractivity contribution in [2.45, 2.75) is 182 Å². The second kappa shape index (κ2) is 19.0. The molecule has 2 heteroatoms. The number of rotatable bonds is 19. The van der Waals surface area contributed by atoms with Crippen LogP contribution in [-0.4, -0.2) is 12.1 Å². The largest absolute Gasteiger partial charge is 0.462 e. The van der Waals surface area contributed by atoms with Crippen LogP contribution < -0.4 is 0 Å². The summed E-state index contributed by atoms with van der Waals surface area (Å²) >= 11 is 0. The Kier molecular flexibility index (Phi) is 15.4. The Hall–Kier alpha value is -1.57. The molecule has 0 aromatic heterocycles. The fourth-order valence-electron chi connectivity index (χ4n) is 10.9. The van der Waals surface area contributed by atoms with Crippen molar-refractivity contribution in [1.82, 2.24) is 0 Å². The molecule has 2 nitrogen and oxygen atoms in total. The number of carbonyl (C=O) groups is 1. The number of hydrogen-bond acceptors (Lipinski definition) is 2. The van der Waals surface area contributed by atoms with E-state index < -0.39 is 0 Å². The molecule has 4 rings (SSSR count). The highest BCUT2D eigenvalue weighted by Crippen LogP contribution is 2.67. The lowest BCUT2D eigenvalue weighted by atomic mass is 9.47. The van der Waals surface area contributed by atoms with Crippen LogP contribution in [-0.2, 0) is 9.53 Å². The summed E-state index contributed by atoms with van der Waals surface area (Å²) in [6.45, 7) is 14.8. The summed E-state index contributed by atoms with van der Waals surface area (Å²) < 4.78 is 6.12. The molecule has 0 heterocycles. The van der Waals surface area contributed by atoms with Gasteiger partial charge in [-0.3, -0.25) is 4.79 Å². The van der Waals surface area contributed by atoms with Crippen molar-refractivity contribution < 1.29 is 9.53 Å². The van der Waals surface area contributed by atoms with E-state index in [0.29, 0.717) is 17.3 Å². The predicted octanol–water partition coefficient (Wildman–Crippen LogP) is 13.5. The van der Waals surface area contributed by atoms with Crippen LogP contribution in [0, 0.1) is 46.3 Å². The zero-order chi connectivity index (χ0) is 33.7. The number of fused-ring (bicyclic) bond motifs is 5. The Labute approximate surface area is 291 Å². The Bertz CT molecular complexity index is 1060. The highest BCUT2D eigenvalue weighted by atomic mass is 16.5. The maximum Gasteiger partial charge on any atom is 0.306 e. The van der Waals surface area contributed by atoms with Gasteiger partial charge in [0.2, 0.25) is 0 Å². The van der Waals surface area contributed by atoms with E-state index in [4.69, 9.17) is 4.74 Å². The second-order valence-corrected chi connectivity index (χ2v) is 17.2. The minimum absolute atomic E-state index is 0.0435. The Morgan fingerprint density at radius 2 is 1.55 bits per heavy atom. The third-order valence-corrected chi connectivity index (χ3v) is 13.6. The van der Waals surface area contributed by atoms with Gasteiger partial charge in [0.05, 0.1) is 0 Å². The average Bonchev–Trinajstić information content (AvgIpc) is 3.40. The van der Waals surface area contributed by atoms with Crippen LogP contribution in [0.25, 0.3) is 0 Å². The molecule has 4 aliphatic carbocycles. The maximum absolute atomic E-state index is 12.8. The zero-order valence-corrected chi connectivity index (χ0v) is 31.7. The van der Waals surface area contributed by atoms with Gasteiger partial charge in [-0.1, -0.05) is 128 Å². The van der Waals surface area contributed by atoms with Crippen molar-refractivity contribution in [1.29, 1.82) is 0 Å². The lowest BCUT2D eigenvalue weighted by molar-refractivity contribution is -0.151. The summed E-state index contributed by atoms with van der Waals surface area (Å²) in [6.07, 6.45) is 41.7. The van der Waals surface area contributed by atoms with Gasteiger partial charge in [-0.05, 0) is 130 Å². The topological polar surface area (TPSA) is 26.3 Å². The molecule has 47 heavy (non-hydrogen) atoms. The third-order valence-electron chi connectivity index (χ3n) is 13.6. The summed E-state index contributed by atoms with van der Waals surface area (Å²) in [6, 6.07) is 0. The van der Waals surface area contributed by atoms with Crippen molar-refractivity contribution in [2.24, 2.45) is 46.3 Å².